The van der Waals surface area contributed by atoms with Crippen LogP contribution in [0.4, 0.5) is 4.79 Å². The van der Waals surface area contributed by atoms with Gasteiger partial charge in [0.05, 0.1) is 0 Å². The zero-order valence-corrected chi connectivity index (χ0v) is 8.40. The number of nitrogens with zero attached hydrogens (tertiary/aromatic N) is 2. The quantitative estimate of drug-likeness (QED) is 0.695. The molecular formula is C9H14N4O2. The van der Waals surface area contributed by atoms with Crippen molar-refractivity contribution >= 4 is 6.09 Å². The lowest BCUT2D eigenvalue weighted by Crippen LogP contribution is -2.36. The first kappa shape index (κ1) is 9.97. The molecule has 15 heavy (non-hydrogen) atoms. The number of carbonyl (C=O) groups is 1. The number of ether oxygens (including phenoxy) is 1. The molecule has 0 bridgehead atoms. The zero-order valence-electron chi connectivity index (χ0n) is 8.40. The van der Waals surface area contributed by atoms with Crippen LogP contribution in [0.1, 0.15) is 6.42 Å². The fraction of sp³-hybridized carbons (Fsp3) is 0.556. The van der Waals surface area contributed by atoms with E-state index < -0.39 is 0 Å². The van der Waals surface area contributed by atoms with Crippen molar-refractivity contribution in [3.63, 3.8) is 0 Å². The molecule has 1 aliphatic heterocycles. The molecular weight excluding hydrogens is 196 g/mol. The summed E-state index contributed by atoms with van der Waals surface area (Å²) < 4.78 is 5.07. The van der Waals surface area contributed by atoms with Crippen LogP contribution in [0, 0.1) is 0 Å². The largest absolute Gasteiger partial charge is 0.416 e. The number of nitrogens with one attached hydrogen (secondary N) is 2. The highest BCUT2D eigenvalue weighted by molar-refractivity contribution is 5.70. The van der Waals surface area contributed by atoms with Gasteiger partial charge < -0.3 is 15.0 Å². The second-order valence-electron chi connectivity index (χ2n) is 3.37. The molecule has 0 spiro atoms. The molecule has 0 aliphatic carbocycles. The molecule has 2 rings (SSSR count). The van der Waals surface area contributed by atoms with E-state index in [2.05, 4.69) is 15.5 Å². The Labute approximate surface area is 87.6 Å². The molecule has 0 atom stereocenters. The predicted molar refractivity (Wildman–Crippen MR) is 53.7 cm³/mol. The SMILES string of the molecule is O=C(Oc1cc[nH]n1)N1CCCNCC1. The summed E-state index contributed by atoms with van der Waals surface area (Å²) in [4.78, 5) is 13.3. The Morgan fingerprint density at radius 2 is 2.40 bits per heavy atom. The van der Waals surface area contributed by atoms with Gasteiger partial charge in [0, 0.05) is 31.9 Å². The molecule has 0 saturated carbocycles. The van der Waals surface area contributed by atoms with E-state index in [4.69, 9.17) is 4.74 Å². The summed E-state index contributed by atoms with van der Waals surface area (Å²) in [6.07, 6.45) is 2.24. The monoisotopic (exact) mass is 210 g/mol. The summed E-state index contributed by atoms with van der Waals surface area (Å²) in [5, 5.41) is 9.58. The lowest BCUT2D eigenvalue weighted by atomic mass is 10.4. The van der Waals surface area contributed by atoms with Crippen molar-refractivity contribution in [2.45, 2.75) is 6.42 Å². The summed E-state index contributed by atoms with van der Waals surface area (Å²) in [6, 6.07) is 1.62. The molecule has 6 nitrogen and oxygen atoms in total. The minimum absolute atomic E-state index is 0.317. The van der Waals surface area contributed by atoms with Gasteiger partial charge in [0.15, 0.2) is 0 Å². The average molecular weight is 210 g/mol. The lowest BCUT2D eigenvalue weighted by molar-refractivity contribution is 0.153. The molecule has 0 aromatic carbocycles. The highest BCUT2D eigenvalue weighted by Gasteiger charge is 2.17. The van der Waals surface area contributed by atoms with E-state index in [1.807, 2.05) is 0 Å². The molecule has 1 aliphatic rings. The minimum Gasteiger partial charge on any atom is -0.389 e. The Hall–Kier alpha value is -1.56. The highest BCUT2D eigenvalue weighted by Crippen LogP contribution is 2.06. The summed E-state index contributed by atoms with van der Waals surface area (Å²) in [7, 11) is 0. The third kappa shape index (κ3) is 2.69. The fourth-order valence-corrected chi connectivity index (χ4v) is 1.49. The van der Waals surface area contributed by atoms with E-state index in [0.717, 1.165) is 26.1 Å². The predicted octanol–water partition coefficient (Wildman–Crippen LogP) is 0.204. The smallest absolute Gasteiger partial charge is 0.389 e. The van der Waals surface area contributed by atoms with Gasteiger partial charge in [-0.15, -0.1) is 5.10 Å². The van der Waals surface area contributed by atoms with Gasteiger partial charge in [-0.2, -0.15) is 0 Å². The van der Waals surface area contributed by atoms with Gasteiger partial charge in [-0.05, 0) is 13.0 Å². The number of hydrogen-bond donors (Lipinski definition) is 2. The van der Waals surface area contributed by atoms with E-state index >= 15 is 0 Å². The van der Waals surface area contributed by atoms with Crippen LogP contribution in [-0.4, -0.2) is 47.4 Å². The third-order valence-corrected chi connectivity index (χ3v) is 2.27. The van der Waals surface area contributed by atoms with Crippen molar-refractivity contribution in [1.29, 1.82) is 0 Å². The molecule has 82 valence electrons. The Kier molecular flexibility index (Phi) is 3.18. The Bertz CT molecular complexity index is 304. The van der Waals surface area contributed by atoms with Gasteiger partial charge in [0.25, 0.3) is 0 Å². The number of carbonyl (C=O) groups excluding carboxylic acids is 1. The average Bonchev–Trinajstić information content (AvgIpc) is 2.58. The van der Waals surface area contributed by atoms with E-state index in [9.17, 15) is 4.79 Å². The zero-order chi connectivity index (χ0) is 10.5. The standard InChI is InChI=1S/C9H14N4O2/c14-9(15-8-2-4-11-12-8)13-6-1-3-10-5-7-13/h2,4,10H,1,3,5-7H2,(H,11,12). The van der Waals surface area contributed by atoms with Crippen LogP contribution in [0.5, 0.6) is 5.88 Å². The maximum atomic E-state index is 11.6. The number of aromatic nitrogens is 2. The van der Waals surface area contributed by atoms with Gasteiger partial charge in [-0.3, -0.25) is 5.10 Å². The van der Waals surface area contributed by atoms with Gasteiger partial charge in [-0.25, -0.2) is 4.79 Å². The van der Waals surface area contributed by atoms with E-state index in [1.165, 1.54) is 0 Å². The number of amides is 1. The summed E-state index contributed by atoms with van der Waals surface area (Å²) in [6.45, 7) is 3.18. The molecule has 1 fully saturated rings. The van der Waals surface area contributed by atoms with Crippen LogP contribution in [0.3, 0.4) is 0 Å². The van der Waals surface area contributed by atoms with Crippen LogP contribution >= 0.6 is 0 Å². The van der Waals surface area contributed by atoms with Crippen LogP contribution in [-0.2, 0) is 0 Å². The first-order chi connectivity index (χ1) is 7.36. The summed E-state index contributed by atoms with van der Waals surface area (Å²) in [5.41, 5.74) is 0. The second-order valence-corrected chi connectivity index (χ2v) is 3.37. The first-order valence-corrected chi connectivity index (χ1v) is 5.03. The molecule has 1 amide bonds. The Morgan fingerprint density at radius 1 is 1.47 bits per heavy atom. The van der Waals surface area contributed by atoms with Gasteiger partial charge in [0.1, 0.15) is 0 Å². The van der Waals surface area contributed by atoms with Crippen molar-refractivity contribution in [3.8, 4) is 5.88 Å². The maximum Gasteiger partial charge on any atom is 0.416 e. The van der Waals surface area contributed by atoms with Crippen molar-refractivity contribution in [2.75, 3.05) is 26.2 Å². The normalized spacial score (nSPS) is 17.2. The van der Waals surface area contributed by atoms with E-state index in [0.29, 0.717) is 12.4 Å². The lowest BCUT2D eigenvalue weighted by Gasteiger charge is -2.17. The third-order valence-electron chi connectivity index (χ3n) is 2.27. The van der Waals surface area contributed by atoms with Crippen molar-refractivity contribution in [3.05, 3.63) is 12.3 Å². The molecule has 0 unspecified atom stereocenters. The Balaban J connectivity index is 1.89. The minimum atomic E-state index is -0.328. The molecule has 1 aromatic rings. The second kappa shape index (κ2) is 4.79. The number of aromatic amines is 1. The maximum absolute atomic E-state index is 11.6. The first-order valence-electron chi connectivity index (χ1n) is 5.03. The summed E-state index contributed by atoms with van der Waals surface area (Å²) in [5.74, 6) is 0.317. The number of H-pyrrole nitrogens is 1. The van der Waals surface area contributed by atoms with E-state index in [1.54, 1.807) is 17.2 Å². The van der Waals surface area contributed by atoms with Crippen LogP contribution in [0.15, 0.2) is 12.3 Å². The van der Waals surface area contributed by atoms with Gasteiger partial charge >= 0.3 is 6.09 Å². The van der Waals surface area contributed by atoms with Gasteiger partial charge in [0.2, 0.25) is 5.88 Å². The molecule has 2 heterocycles. The Morgan fingerprint density at radius 3 is 3.20 bits per heavy atom. The number of rotatable bonds is 1. The molecule has 0 radical (unpaired) electrons. The van der Waals surface area contributed by atoms with Crippen molar-refractivity contribution in [2.24, 2.45) is 0 Å². The van der Waals surface area contributed by atoms with Crippen molar-refractivity contribution in [1.82, 2.24) is 20.4 Å². The molecule has 6 heteroatoms. The molecule has 2 N–H and O–H groups in total. The molecule has 1 saturated heterocycles. The molecule has 1 aromatic heterocycles. The summed E-state index contributed by atoms with van der Waals surface area (Å²) >= 11 is 0. The van der Waals surface area contributed by atoms with Crippen molar-refractivity contribution < 1.29 is 9.53 Å². The number of hydrogen-bond acceptors (Lipinski definition) is 4. The highest BCUT2D eigenvalue weighted by atomic mass is 16.6. The topological polar surface area (TPSA) is 70.2 Å². The van der Waals surface area contributed by atoms with Gasteiger partial charge in [-0.1, -0.05) is 0 Å². The van der Waals surface area contributed by atoms with Crippen LogP contribution in [0.25, 0.3) is 0 Å². The van der Waals surface area contributed by atoms with E-state index in [-0.39, 0.29) is 6.09 Å². The van der Waals surface area contributed by atoms with Crippen LogP contribution < -0.4 is 10.1 Å². The fourth-order valence-electron chi connectivity index (χ4n) is 1.49. The van der Waals surface area contributed by atoms with Crippen LogP contribution in [0.2, 0.25) is 0 Å².